The molecule has 1 aromatic rings. The van der Waals surface area contributed by atoms with Crippen molar-refractivity contribution in [2.24, 2.45) is 11.8 Å². The summed E-state index contributed by atoms with van der Waals surface area (Å²) in [5.41, 5.74) is 1.27. The van der Waals surface area contributed by atoms with E-state index in [9.17, 15) is 0 Å². The van der Waals surface area contributed by atoms with Gasteiger partial charge in [-0.3, -0.25) is 4.90 Å². The maximum atomic E-state index is 5.75. The number of nitrogens with zero attached hydrogens (tertiary/aromatic N) is 1. The van der Waals surface area contributed by atoms with Crippen LogP contribution < -0.4 is 5.32 Å². The van der Waals surface area contributed by atoms with Crippen molar-refractivity contribution in [1.82, 2.24) is 10.2 Å². The van der Waals surface area contributed by atoms with Crippen LogP contribution in [0.4, 0.5) is 0 Å². The van der Waals surface area contributed by atoms with Crippen LogP contribution in [-0.4, -0.2) is 24.0 Å². The Labute approximate surface area is 129 Å². The van der Waals surface area contributed by atoms with Crippen LogP contribution in [0.3, 0.4) is 0 Å². The molecule has 1 N–H and O–H groups in total. The van der Waals surface area contributed by atoms with Crippen LogP contribution in [0.5, 0.6) is 0 Å². The summed E-state index contributed by atoms with van der Waals surface area (Å²) in [5.74, 6) is 3.09. The van der Waals surface area contributed by atoms with Crippen LogP contribution in [-0.2, 0) is 13.1 Å². The fourth-order valence-electron chi connectivity index (χ4n) is 3.96. The van der Waals surface area contributed by atoms with Gasteiger partial charge in [0.2, 0.25) is 0 Å². The predicted octanol–water partition coefficient (Wildman–Crippen LogP) is 3.79. The number of hydrogen-bond donors (Lipinski definition) is 1. The van der Waals surface area contributed by atoms with Crippen molar-refractivity contribution in [2.75, 3.05) is 13.1 Å². The summed E-state index contributed by atoms with van der Waals surface area (Å²) >= 11 is 0. The zero-order valence-corrected chi connectivity index (χ0v) is 13.6. The maximum Gasteiger partial charge on any atom is 0.118 e. The molecule has 2 atom stereocenters. The van der Waals surface area contributed by atoms with Gasteiger partial charge in [-0.05, 0) is 37.3 Å². The summed E-state index contributed by atoms with van der Waals surface area (Å²) in [6.07, 6.45) is 9.14. The summed E-state index contributed by atoms with van der Waals surface area (Å²) in [6, 6.07) is 2.75. The molecule has 0 spiro atoms. The highest BCUT2D eigenvalue weighted by Gasteiger charge is 2.31. The van der Waals surface area contributed by atoms with E-state index >= 15 is 0 Å². The average Bonchev–Trinajstić information content (AvgIpc) is 2.92. The molecule has 3 rings (SSSR count). The molecule has 1 saturated heterocycles. The molecule has 2 heterocycles. The molecule has 0 aromatic carbocycles. The van der Waals surface area contributed by atoms with E-state index in [4.69, 9.17) is 4.42 Å². The van der Waals surface area contributed by atoms with Crippen LogP contribution in [0, 0.1) is 11.8 Å². The first-order chi connectivity index (χ1) is 10.2. The molecule has 2 aliphatic rings. The van der Waals surface area contributed by atoms with Gasteiger partial charge in [-0.2, -0.15) is 0 Å². The van der Waals surface area contributed by atoms with Gasteiger partial charge in [0.05, 0.1) is 12.8 Å². The van der Waals surface area contributed by atoms with Gasteiger partial charge in [-0.15, -0.1) is 0 Å². The Bertz CT molecular complexity index is 440. The van der Waals surface area contributed by atoms with E-state index < -0.39 is 0 Å². The number of nitrogens with one attached hydrogen (secondary N) is 1. The van der Waals surface area contributed by atoms with Gasteiger partial charge >= 0.3 is 0 Å². The number of hydrogen-bond acceptors (Lipinski definition) is 3. The lowest BCUT2D eigenvalue weighted by Crippen LogP contribution is -2.41. The van der Waals surface area contributed by atoms with Gasteiger partial charge < -0.3 is 9.73 Å². The van der Waals surface area contributed by atoms with E-state index in [1.165, 1.54) is 50.8 Å². The molecule has 1 aliphatic heterocycles. The van der Waals surface area contributed by atoms with Crippen molar-refractivity contribution >= 4 is 0 Å². The second kappa shape index (κ2) is 6.97. The molecular formula is C18H30N2O. The molecular weight excluding hydrogens is 260 g/mol. The van der Waals surface area contributed by atoms with Crippen molar-refractivity contribution in [2.45, 2.75) is 65.1 Å². The monoisotopic (exact) mass is 290 g/mol. The van der Waals surface area contributed by atoms with E-state index in [1.807, 2.05) is 6.26 Å². The lowest BCUT2D eigenvalue weighted by atomic mass is 9.75. The number of likely N-dealkylation sites (tertiary alicyclic amines) is 1. The molecule has 1 saturated carbocycles. The van der Waals surface area contributed by atoms with Crippen molar-refractivity contribution < 1.29 is 4.42 Å². The molecule has 1 aromatic heterocycles. The zero-order valence-electron chi connectivity index (χ0n) is 13.6. The number of furan rings is 1. The van der Waals surface area contributed by atoms with E-state index in [0.717, 1.165) is 30.7 Å². The van der Waals surface area contributed by atoms with Gasteiger partial charge in [0, 0.05) is 24.7 Å². The minimum atomic E-state index is 0.522. The molecule has 0 amide bonds. The third-order valence-electron chi connectivity index (χ3n) is 5.18. The third kappa shape index (κ3) is 4.10. The number of piperidine rings is 1. The Balaban J connectivity index is 1.50. The lowest BCUT2D eigenvalue weighted by molar-refractivity contribution is 0.0774. The molecule has 21 heavy (non-hydrogen) atoms. The minimum absolute atomic E-state index is 0.522. The highest BCUT2D eigenvalue weighted by atomic mass is 16.3. The molecule has 0 radical (unpaired) electrons. The third-order valence-corrected chi connectivity index (χ3v) is 5.18. The largest absolute Gasteiger partial charge is 0.468 e. The van der Waals surface area contributed by atoms with Gasteiger partial charge in [-0.25, -0.2) is 0 Å². The van der Waals surface area contributed by atoms with E-state index in [1.54, 1.807) is 0 Å². The fraction of sp³-hybridized carbons (Fsp3) is 0.778. The molecule has 118 valence electrons. The normalized spacial score (nSPS) is 27.0. The fourth-order valence-corrected chi connectivity index (χ4v) is 3.96. The highest BCUT2D eigenvalue weighted by molar-refractivity contribution is 5.12. The minimum Gasteiger partial charge on any atom is -0.468 e. The number of rotatable bonds is 5. The molecule has 2 unspecified atom stereocenters. The molecule has 3 heteroatoms. The topological polar surface area (TPSA) is 28.4 Å². The van der Waals surface area contributed by atoms with Gasteiger partial charge in [0.1, 0.15) is 5.76 Å². The highest BCUT2D eigenvalue weighted by Crippen LogP contribution is 2.36. The van der Waals surface area contributed by atoms with Crippen molar-refractivity contribution in [3.05, 3.63) is 23.7 Å². The first kappa shape index (κ1) is 15.1. The summed E-state index contributed by atoms with van der Waals surface area (Å²) in [7, 11) is 0. The van der Waals surface area contributed by atoms with Gasteiger partial charge in [-0.1, -0.05) is 33.1 Å². The van der Waals surface area contributed by atoms with E-state index in [-0.39, 0.29) is 0 Å². The lowest BCUT2D eigenvalue weighted by Gasteiger charge is -2.41. The standard InChI is InChI=1S/C18H30N2O/c1-14(2)19-10-15-9-18(21-13-15)12-20-8-7-16-5-3-4-6-17(16)11-20/h9,13-14,16-17,19H,3-8,10-12H2,1-2H3. The van der Waals surface area contributed by atoms with Crippen LogP contribution in [0.25, 0.3) is 0 Å². The Hall–Kier alpha value is -0.800. The number of fused-ring (bicyclic) bond motifs is 1. The summed E-state index contributed by atoms with van der Waals surface area (Å²) in [5, 5.41) is 3.44. The van der Waals surface area contributed by atoms with Gasteiger partial charge in [0.15, 0.2) is 0 Å². The first-order valence-corrected chi connectivity index (χ1v) is 8.72. The van der Waals surface area contributed by atoms with Crippen molar-refractivity contribution in [3.63, 3.8) is 0 Å². The van der Waals surface area contributed by atoms with Crippen molar-refractivity contribution in [1.29, 1.82) is 0 Å². The predicted molar refractivity (Wildman–Crippen MR) is 86.0 cm³/mol. The summed E-state index contributed by atoms with van der Waals surface area (Å²) in [6.45, 7) is 8.79. The Morgan fingerprint density at radius 1 is 1.24 bits per heavy atom. The van der Waals surface area contributed by atoms with Crippen LogP contribution >= 0.6 is 0 Å². The van der Waals surface area contributed by atoms with Crippen molar-refractivity contribution in [3.8, 4) is 0 Å². The summed E-state index contributed by atoms with van der Waals surface area (Å²) in [4.78, 5) is 2.60. The Morgan fingerprint density at radius 3 is 2.86 bits per heavy atom. The Kier molecular flexibility index (Phi) is 5.02. The Morgan fingerprint density at radius 2 is 2.05 bits per heavy atom. The molecule has 3 nitrogen and oxygen atoms in total. The zero-order chi connectivity index (χ0) is 14.7. The van der Waals surface area contributed by atoms with Crippen LogP contribution in [0.2, 0.25) is 0 Å². The summed E-state index contributed by atoms with van der Waals surface area (Å²) < 4.78 is 5.75. The van der Waals surface area contributed by atoms with Crippen LogP contribution in [0.1, 0.15) is 57.3 Å². The molecule has 2 fully saturated rings. The molecule has 0 bridgehead atoms. The smallest absolute Gasteiger partial charge is 0.118 e. The quantitative estimate of drug-likeness (QED) is 0.894. The van der Waals surface area contributed by atoms with E-state index in [0.29, 0.717) is 6.04 Å². The second-order valence-corrected chi connectivity index (χ2v) is 7.29. The van der Waals surface area contributed by atoms with Gasteiger partial charge in [0.25, 0.3) is 0 Å². The van der Waals surface area contributed by atoms with E-state index in [2.05, 4.69) is 30.1 Å². The first-order valence-electron chi connectivity index (χ1n) is 8.72. The maximum absolute atomic E-state index is 5.75. The SMILES string of the molecule is CC(C)NCc1coc(CN2CCC3CCCCC3C2)c1. The molecule has 1 aliphatic carbocycles. The second-order valence-electron chi connectivity index (χ2n) is 7.29. The average molecular weight is 290 g/mol. The van der Waals surface area contributed by atoms with Crippen LogP contribution in [0.15, 0.2) is 16.7 Å².